The summed E-state index contributed by atoms with van der Waals surface area (Å²) in [6, 6.07) is 0. The van der Waals surface area contributed by atoms with Crippen molar-refractivity contribution in [1.82, 2.24) is 0 Å². The summed E-state index contributed by atoms with van der Waals surface area (Å²) in [5.41, 5.74) is 0. The molecule has 1 atom stereocenters. The number of esters is 1. The van der Waals surface area contributed by atoms with Gasteiger partial charge in [0.15, 0.2) is 0 Å². The van der Waals surface area contributed by atoms with Gasteiger partial charge in [0.25, 0.3) is 0 Å². The fraction of sp³-hybridized carbons (Fsp3) is 0.941. The van der Waals surface area contributed by atoms with E-state index in [2.05, 4.69) is 13.8 Å². The Kier molecular flexibility index (Phi) is 11.1. The first-order valence-corrected chi connectivity index (χ1v) is 9.32. The molecule has 0 aliphatic heterocycles. The minimum absolute atomic E-state index is 0.0521. The maximum Gasteiger partial charge on any atom is 0.319 e. The van der Waals surface area contributed by atoms with Gasteiger partial charge in [0, 0.05) is 6.42 Å². The summed E-state index contributed by atoms with van der Waals surface area (Å²) in [4.78, 5) is 12.1. The minimum atomic E-state index is -2.56. The Balaban J connectivity index is 4.01. The van der Waals surface area contributed by atoms with Crippen molar-refractivity contribution in [2.45, 2.75) is 77.9 Å². The highest BCUT2D eigenvalue weighted by molar-refractivity contribution is 8.00. The molecule has 0 aliphatic carbocycles. The van der Waals surface area contributed by atoms with Crippen LogP contribution >= 0.6 is 11.8 Å². The maximum absolute atomic E-state index is 12.7. The Bertz CT molecular complexity index is 302. The molecule has 0 rings (SSSR count). The van der Waals surface area contributed by atoms with Crippen LogP contribution in [0, 0.1) is 11.8 Å². The van der Waals surface area contributed by atoms with Gasteiger partial charge in [-0.3, -0.25) is 4.79 Å². The van der Waals surface area contributed by atoms with E-state index in [1.807, 2.05) is 13.8 Å². The minimum Gasteiger partial charge on any atom is -0.465 e. The van der Waals surface area contributed by atoms with Crippen LogP contribution in [-0.4, -0.2) is 29.5 Å². The average molecular weight is 339 g/mol. The van der Waals surface area contributed by atoms with Gasteiger partial charge in [0.2, 0.25) is 5.92 Å². The Hall–Kier alpha value is -0.320. The van der Waals surface area contributed by atoms with Crippen molar-refractivity contribution < 1.29 is 18.3 Å². The van der Waals surface area contributed by atoms with Gasteiger partial charge in [0.1, 0.15) is 5.25 Å². The zero-order valence-corrected chi connectivity index (χ0v) is 15.5. The topological polar surface area (TPSA) is 26.3 Å². The first-order valence-electron chi connectivity index (χ1n) is 8.28. The van der Waals surface area contributed by atoms with Gasteiger partial charge < -0.3 is 4.74 Å². The first kappa shape index (κ1) is 21.7. The van der Waals surface area contributed by atoms with Crippen molar-refractivity contribution in [3.8, 4) is 0 Å². The summed E-state index contributed by atoms with van der Waals surface area (Å²) >= 11 is 1.61. The van der Waals surface area contributed by atoms with Crippen molar-refractivity contribution in [1.29, 1.82) is 0 Å². The Morgan fingerprint density at radius 2 is 1.73 bits per heavy atom. The lowest BCUT2D eigenvalue weighted by molar-refractivity contribution is -0.144. The van der Waals surface area contributed by atoms with E-state index < -0.39 is 5.92 Å². The largest absolute Gasteiger partial charge is 0.465 e. The van der Waals surface area contributed by atoms with Gasteiger partial charge in [-0.05, 0) is 43.8 Å². The van der Waals surface area contributed by atoms with Gasteiger partial charge in [-0.2, -0.15) is 0 Å². The molecule has 0 aromatic carbocycles. The molecule has 1 unspecified atom stereocenters. The van der Waals surface area contributed by atoms with Crippen LogP contribution in [0.15, 0.2) is 0 Å². The fourth-order valence-electron chi connectivity index (χ4n) is 1.94. The number of thioether (sulfide) groups is 1. The summed E-state index contributed by atoms with van der Waals surface area (Å²) < 4.78 is 30.7. The SMILES string of the molecule is CC(C)COC(=O)C(CC(C)C)SCCCCCC(C)(F)F. The third kappa shape index (κ3) is 13.4. The molecule has 0 aliphatic rings. The predicted octanol–water partition coefficient (Wildman–Crippen LogP) is 5.55. The Morgan fingerprint density at radius 3 is 2.23 bits per heavy atom. The van der Waals surface area contributed by atoms with Gasteiger partial charge in [-0.15, -0.1) is 11.8 Å². The predicted molar refractivity (Wildman–Crippen MR) is 90.6 cm³/mol. The van der Waals surface area contributed by atoms with Crippen LogP contribution in [0.2, 0.25) is 0 Å². The molecule has 0 aromatic heterocycles. The highest BCUT2D eigenvalue weighted by atomic mass is 32.2. The lowest BCUT2D eigenvalue weighted by Crippen LogP contribution is -2.24. The zero-order valence-electron chi connectivity index (χ0n) is 14.7. The number of rotatable bonds is 12. The molecule has 0 saturated carbocycles. The lowest BCUT2D eigenvalue weighted by atomic mass is 10.1. The maximum atomic E-state index is 12.7. The normalized spacial score (nSPS) is 13.7. The summed E-state index contributed by atoms with van der Waals surface area (Å²) in [7, 11) is 0. The van der Waals surface area contributed by atoms with Crippen LogP contribution in [0.5, 0.6) is 0 Å². The van der Waals surface area contributed by atoms with E-state index in [0.717, 1.165) is 31.9 Å². The first-order chi connectivity index (χ1) is 10.1. The van der Waals surface area contributed by atoms with Crippen molar-refractivity contribution >= 4 is 17.7 Å². The number of unbranched alkanes of at least 4 members (excludes halogenated alkanes) is 2. The van der Waals surface area contributed by atoms with Crippen LogP contribution in [0.1, 0.15) is 66.7 Å². The Labute approximate surface area is 138 Å². The van der Waals surface area contributed by atoms with Crippen LogP contribution in [0.25, 0.3) is 0 Å². The number of carbonyl (C=O) groups is 1. The van der Waals surface area contributed by atoms with E-state index in [9.17, 15) is 13.6 Å². The number of hydrogen-bond donors (Lipinski definition) is 0. The van der Waals surface area contributed by atoms with Crippen LogP contribution in [0.4, 0.5) is 8.78 Å². The number of hydrogen-bond acceptors (Lipinski definition) is 3. The average Bonchev–Trinajstić information content (AvgIpc) is 2.36. The molecule has 0 fully saturated rings. The molecule has 0 aromatic rings. The second-order valence-corrected chi connectivity index (χ2v) is 8.20. The van der Waals surface area contributed by atoms with Gasteiger partial charge in [-0.1, -0.05) is 34.1 Å². The fourth-order valence-corrected chi connectivity index (χ4v) is 3.32. The molecule has 0 spiro atoms. The van der Waals surface area contributed by atoms with Crippen LogP contribution in [-0.2, 0) is 9.53 Å². The quantitative estimate of drug-likeness (QED) is 0.345. The van der Waals surface area contributed by atoms with Gasteiger partial charge in [0.05, 0.1) is 6.61 Å². The van der Waals surface area contributed by atoms with Crippen molar-refractivity contribution in [3.05, 3.63) is 0 Å². The third-order valence-corrected chi connectivity index (χ3v) is 4.40. The molecule has 0 heterocycles. The van der Waals surface area contributed by atoms with Gasteiger partial charge >= 0.3 is 5.97 Å². The molecule has 0 amide bonds. The molecule has 0 saturated heterocycles. The molecule has 2 nitrogen and oxygen atoms in total. The number of alkyl halides is 2. The molecule has 22 heavy (non-hydrogen) atoms. The van der Waals surface area contributed by atoms with Gasteiger partial charge in [-0.25, -0.2) is 8.78 Å². The third-order valence-electron chi connectivity index (χ3n) is 3.09. The summed E-state index contributed by atoms with van der Waals surface area (Å²) in [6.45, 7) is 9.63. The van der Waals surface area contributed by atoms with E-state index in [1.54, 1.807) is 11.8 Å². The van der Waals surface area contributed by atoms with Crippen molar-refractivity contribution in [2.24, 2.45) is 11.8 Å². The van der Waals surface area contributed by atoms with E-state index in [0.29, 0.717) is 24.9 Å². The van der Waals surface area contributed by atoms with E-state index >= 15 is 0 Å². The number of halogens is 2. The van der Waals surface area contributed by atoms with E-state index in [-0.39, 0.29) is 17.6 Å². The number of ether oxygens (including phenoxy) is 1. The molecule has 132 valence electrons. The molecule has 0 bridgehead atoms. The smallest absolute Gasteiger partial charge is 0.319 e. The molecule has 0 N–H and O–H groups in total. The molecule has 0 radical (unpaired) electrons. The molecule has 5 heteroatoms. The highest BCUT2D eigenvalue weighted by Gasteiger charge is 2.22. The summed E-state index contributed by atoms with van der Waals surface area (Å²) in [5, 5.41) is -0.133. The van der Waals surface area contributed by atoms with Crippen LogP contribution < -0.4 is 0 Å². The summed E-state index contributed by atoms with van der Waals surface area (Å²) in [5.74, 6) is -1.10. The second kappa shape index (κ2) is 11.3. The lowest BCUT2D eigenvalue weighted by Gasteiger charge is -2.18. The monoisotopic (exact) mass is 338 g/mol. The van der Waals surface area contributed by atoms with E-state index in [4.69, 9.17) is 4.74 Å². The van der Waals surface area contributed by atoms with Crippen molar-refractivity contribution in [2.75, 3.05) is 12.4 Å². The Morgan fingerprint density at radius 1 is 1.09 bits per heavy atom. The van der Waals surface area contributed by atoms with Crippen LogP contribution in [0.3, 0.4) is 0 Å². The zero-order chi connectivity index (χ0) is 17.2. The number of carbonyl (C=O) groups excluding carboxylic acids is 1. The second-order valence-electron chi connectivity index (χ2n) is 6.89. The molecular formula is C17H32F2O2S. The summed E-state index contributed by atoms with van der Waals surface area (Å²) in [6.07, 6.45) is 2.94. The van der Waals surface area contributed by atoms with Crippen molar-refractivity contribution in [3.63, 3.8) is 0 Å². The highest BCUT2D eigenvalue weighted by Crippen LogP contribution is 2.24. The standard InChI is InChI=1S/C17H32F2O2S/c1-13(2)11-15(16(20)21-12-14(3)4)22-10-8-6-7-9-17(5,18)19/h13-15H,6-12H2,1-5H3. The molecular weight excluding hydrogens is 306 g/mol. The van der Waals surface area contributed by atoms with E-state index in [1.165, 1.54) is 0 Å².